The Labute approximate surface area is 237 Å². The van der Waals surface area contributed by atoms with E-state index in [1.54, 1.807) is 11.8 Å². The van der Waals surface area contributed by atoms with Crippen LogP contribution in [0, 0.1) is 5.82 Å². The normalized spacial score (nSPS) is 25.1. The molecule has 1 amide bonds. The van der Waals surface area contributed by atoms with Gasteiger partial charge in [-0.25, -0.2) is 9.29 Å². The smallest absolute Gasteiger partial charge is 0.361 e. The molecule has 0 radical (unpaired) electrons. The maximum atomic E-state index is 14.0. The van der Waals surface area contributed by atoms with Crippen molar-refractivity contribution in [3.05, 3.63) is 65.5 Å². The van der Waals surface area contributed by atoms with Crippen LogP contribution in [0.3, 0.4) is 0 Å². The standard InChI is InChI=1S/C29H38F4N4O4/c1-5-39-24-16-28(22-10-8-9-11-23(22)34-24)26(40-6-2)37(27(35-28)41-7-3)18-25(38)36(19(4)29(31,32)33)17-20-12-14-21(30)15-13-20/h8-15,19,24,26-27,34-35H,5-7,16-18H2,1-4H3/t19-,24?,26?,27?,28?/m0/s1. The van der Waals surface area contributed by atoms with Crippen molar-refractivity contribution in [3.8, 4) is 0 Å². The zero-order valence-electron chi connectivity index (χ0n) is 23.7. The summed E-state index contributed by atoms with van der Waals surface area (Å²) in [7, 11) is 0. The second-order valence-electron chi connectivity index (χ2n) is 10.1. The first kappa shape index (κ1) is 31.2. The van der Waals surface area contributed by atoms with Crippen molar-refractivity contribution < 1.29 is 36.6 Å². The number of para-hydroxylation sites is 1. The number of nitrogens with one attached hydrogen (secondary N) is 2. The summed E-state index contributed by atoms with van der Waals surface area (Å²) in [6.07, 6.45) is -6.24. The number of alkyl halides is 3. The number of ether oxygens (including phenoxy) is 3. The van der Waals surface area contributed by atoms with Gasteiger partial charge in [0.25, 0.3) is 0 Å². The predicted octanol–water partition coefficient (Wildman–Crippen LogP) is 4.77. The monoisotopic (exact) mass is 582 g/mol. The molecule has 226 valence electrons. The number of hydrogen-bond donors (Lipinski definition) is 2. The largest absolute Gasteiger partial charge is 0.408 e. The molecule has 0 aliphatic carbocycles. The lowest BCUT2D eigenvalue weighted by atomic mass is 9.81. The lowest BCUT2D eigenvalue weighted by Crippen LogP contribution is -2.56. The number of nitrogens with zero attached hydrogens (tertiary/aromatic N) is 2. The van der Waals surface area contributed by atoms with E-state index in [0.717, 1.165) is 35.2 Å². The van der Waals surface area contributed by atoms with Crippen LogP contribution in [0.2, 0.25) is 0 Å². The SMILES string of the molecule is CCOC1CC2(NC(OCC)N(CC(=O)N(Cc3ccc(F)cc3)[C@@H](C)C(F)(F)F)C2OCC)c2ccccc2N1. The third kappa shape index (κ3) is 6.67. The van der Waals surface area contributed by atoms with Crippen LogP contribution < -0.4 is 10.6 Å². The minimum atomic E-state index is -4.67. The molecule has 1 saturated heterocycles. The van der Waals surface area contributed by atoms with Gasteiger partial charge in [-0.2, -0.15) is 13.2 Å². The average Bonchev–Trinajstić information content (AvgIpc) is 3.19. The number of hydrogen-bond acceptors (Lipinski definition) is 7. The maximum absolute atomic E-state index is 14.0. The van der Waals surface area contributed by atoms with E-state index in [2.05, 4.69) is 10.6 Å². The van der Waals surface area contributed by atoms with Crippen LogP contribution >= 0.6 is 0 Å². The van der Waals surface area contributed by atoms with Gasteiger partial charge in [-0.3, -0.25) is 10.1 Å². The van der Waals surface area contributed by atoms with Crippen LogP contribution in [0.5, 0.6) is 0 Å². The molecule has 12 heteroatoms. The highest BCUT2D eigenvalue weighted by Crippen LogP contribution is 2.46. The number of carbonyl (C=O) groups is 1. The van der Waals surface area contributed by atoms with Gasteiger partial charge in [-0.1, -0.05) is 30.3 Å². The third-order valence-electron chi connectivity index (χ3n) is 7.50. The van der Waals surface area contributed by atoms with E-state index >= 15 is 0 Å². The second-order valence-corrected chi connectivity index (χ2v) is 10.1. The molecule has 2 aliphatic rings. The number of rotatable bonds is 11. The number of benzene rings is 2. The highest BCUT2D eigenvalue weighted by molar-refractivity contribution is 5.79. The lowest BCUT2D eigenvalue weighted by molar-refractivity contribution is -0.191. The molecule has 2 aromatic rings. The highest BCUT2D eigenvalue weighted by atomic mass is 19.4. The number of anilines is 1. The van der Waals surface area contributed by atoms with Gasteiger partial charge in [0.2, 0.25) is 5.91 Å². The fourth-order valence-corrected chi connectivity index (χ4v) is 5.59. The quantitative estimate of drug-likeness (QED) is 0.370. The average molecular weight is 583 g/mol. The molecule has 0 aromatic heterocycles. The van der Waals surface area contributed by atoms with E-state index in [1.165, 1.54) is 12.1 Å². The molecule has 1 spiro atoms. The van der Waals surface area contributed by atoms with Gasteiger partial charge in [0, 0.05) is 38.5 Å². The number of amides is 1. The Kier molecular flexibility index (Phi) is 9.91. The summed E-state index contributed by atoms with van der Waals surface area (Å²) in [5.74, 6) is -1.29. The van der Waals surface area contributed by atoms with Crippen LogP contribution in [0.1, 0.15) is 45.2 Å². The van der Waals surface area contributed by atoms with Gasteiger partial charge in [0.15, 0.2) is 6.35 Å². The number of fused-ring (bicyclic) bond motifs is 2. The predicted molar refractivity (Wildman–Crippen MR) is 145 cm³/mol. The summed E-state index contributed by atoms with van der Waals surface area (Å²) in [5, 5.41) is 6.91. The van der Waals surface area contributed by atoms with E-state index < -0.39 is 48.6 Å². The first-order valence-corrected chi connectivity index (χ1v) is 13.9. The summed E-state index contributed by atoms with van der Waals surface area (Å²) in [5.41, 5.74) is 1.18. The molecule has 2 heterocycles. The summed E-state index contributed by atoms with van der Waals surface area (Å²) in [6.45, 7) is 6.72. The summed E-state index contributed by atoms with van der Waals surface area (Å²) >= 11 is 0. The van der Waals surface area contributed by atoms with Gasteiger partial charge in [0.1, 0.15) is 24.3 Å². The van der Waals surface area contributed by atoms with Crippen LogP contribution in [0.4, 0.5) is 23.2 Å². The van der Waals surface area contributed by atoms with E-state index in [0.29, 0.717) is 18.6 Å². The van der Waals surface area contributed by atoms with Gasteiger partial charge >= 0.3 is 6.18 Å². The molecular formula is C29H38F4N4O4. The Hall–Kier alpha value is -2.77. The fourth-order valence-electron chi connectivity index (χ4n) is 5.59. The van der Waals surface area contributed by atoms with E-state index in [4.69, 9.17) is 14.2 Å². The molecule has 4 unspecified atom stereocenters. The van der Waals surface area contributed by atoms with Gasteiger partial charge in [-0.05, 0) is 57.0 Å². The Morgan fingerprint density at radius 1 is 1.05 bits per heavy atom. The Balaban J connectivity index is 1.71. The zero-order chi connectivity index (χ0) is 29.8. The minimum Gasteiger partial charge on any atom is -0.361 e. The van der Waals surface area contributed by atoms with Crippen molar-refractivity contribution in [1.82, 2.24) is 15.1 Å². The van der Waals surface area contributed by atoms with E-state index in [-0.39, 0.29) is 26.0 Å². The third-order valence-corrected chi connectivity index (χ3v) is 7.50. The topological polar surface area (TPSA) is 75.3 Å². The first-order chi connectivity index (χ1) is 19.5. The van der Waals surface area contributed by atoms with E-state index in [1.807, 2.05) is 38.1 Å². The molecule has 0 saturated carbocycles. The molecular weight excluding hydrogens is 544 g/mol. The van der Waals surface area contributed by atoms with Crippen molar-refractivity contribution in [2.24, 2.45) is 0 Å². The molecule has 0 bridgehead atoms. The van der Waals surface area contributed by atoms with Crippen molar-refractivity contribution in [2.45, 2.75) is 77.2 Å². The Bertz CT molecular complexity index is 1170. The molecule has 2 aliphatic heterocycles. The first-order valence-electron chi connectivity index (χ1n) is 13.9. The summed E-state index contributed by atoms with van der Waals surface area (Å²) < 4.78 is 73.6. The van der Waals surface area contributed by atoms with Crippen LogP contribution in [-0.2, 0) is 31.1 Å². The Morgan fingerprint density at radius 3 is 2.34 bits per heavy atom. The van der Waals surface area contributed by atoms with Crippen molar-refractivity contribution >= 4 is 11.6 Å². The second kappa shape index (κ2) is 13.0. The minimum absolute atomic E-state index is 0.282. The van der Waals surface area contributed by atoms with Crippen molar-refractivity contribution in [1.29, 1.82) is 0 Å². The Morgan fingerprint density at radius 2 is 1.71 bits per heavy atom. The molecule has 2 N–H and O–H groups in total. The summed E-state index contributed by atoms with van der Waals surface area (Å²) in [4.78, 5) is 16.2. The van der Waals surface area contributed by atoms with E-state index in [9.17, 15) is 22.4 Å². The van der Waals surface area contributed by atoms with Gasteiger partial charge < -0.3 is 24.4 Å². The molecule has 8 nitrogen and oxygen atoms in total. The van der Waals surface area contributed by atoms with Crippen molar-refractivity contribution in [2.75, 3.05) is 31.7 Å². The van der Waals surface area contributed by atoms with Crippen LogP contribution in [0.25, 0.3) is 0 Å². The molecule has 4 rings (SSSR count). The molecule has 1 fully saturated rings. The maximum Gasteiger partial charge on any atom is 0.408 e. The van der Waals surface area contributed by atoms with Crippen molar-refractivity contribution in [3.63, 3.8) is 0 Å². The zero-order valence-corrected chi connectivity index (χ0v) is 23.7. The summed E-state index contributed by atoms with van der Waals surface area (Å²) in [6, 6.07) is 10.6. The lowest BCUT2D eigenvalue weighted by Gasteiger charge is -2.44. The molecule has 5 atom stereocenters. The van der Waals surface area contributed by atoms with Crippen LogP contribution in [0.15, 0.2) is 48.5 Å². The molecule has 2 aromatic carbocycles. The highest BCUT2D eigenvalue weighted by Gasteiger charge is 2.58. The molecule has 41 heavy (non-hydrogen) atoms. The van der Waals surface area contributed by atoms with Gasteiger partial charge in [0.05, 0.1) is 12.1 Å². The number of carbonyl (C=O) groups excluding carboxylic acids is 1. The van der Waals surface area contributed by atoms with Crippen LogP contribution in [-0.4, -0.2) is 73.1 Å². The fraction of sp³-hybridized carbons (Fsp3) is 0.552. The number of halogens is 4. The van der Waals surface area contributed by atoms with Gasteiger partial charge in [-0.15, -0.1) is 0 Å².